The molecule has 0 radical (unpaired) electrons. The van der Waals surface area contributed by atoms with Crippen LogP contribution in [-0.2, 0) is 4.79 Å². The highest BCUT2D eigenvalue weighted by atomic mass is 16.5. The first kappa shape index (κ1) is 21.8. The van der Waals surface area contributed by atoms with Gasteiger partial charge < -0.3 is 14.8 Å². The molecule has 0 fully saturated rings. The number of hydrogen-bond donors (Lipinski definition) is 1. The molecule has 1 N–H and O–H groups in total. The summed E-state index contributed by atoms with van der Waals surface area (Å²) in [5.41, 5.74) is 4.62. The maximum atomic E-state index is 12.3. The van der Waals surface area contributed by atoms with Gasteiger partial charge in [-0.15, -0.1) is 0 Å². The largest absolute Gasteiger partial charge is 0.496 e. The molecule has 28 heavy (non-hydrogen) atoms. The summed E-state index contributed by atoms with van der Waals surface area (Å²) in [6, 6.07) is 12.1. The smallest absolute Gasteiger partial charge is 0.220 e. The van der Waals surface area contributed by atoms with Crippen LogP contribution in [0.5, 0.6) is 11.5 Å². The van der Waals surface area contributed by atoms with Crippen LogP contribution in [0, 0.1) is 13.8 Å². The van der Waals surface area contributed by atoms with Crippen molar-refractivity contribution >= 4 is 5.91 Å². The topological polar surface area (TPSA) is 47.6 Å². The summed E-state index contributed by atoms with van der Waals surface area (Å²) in [6.45, 7) is 11.0. The summed E-state index contributed by atoms with van der Waals surface area (Å²) in [7, 11) is 1.70. The van der Waals surface area contributed by atoms with E-state index in [9.17, 15) is 4.79 Å². The molecule has 0 unspecified atom stereocenters. The van der Waals surface area contributed by atoms with Crippen LogP contribution in [-0.4, -0.2) is 19.6 Å². The molecule has 0 aliphatic rings. The molecule has 2 aromatic carbocycles. The van der Waals surface area contributed by atoms with E-state index in [1.165, 1.54) is 5.56 Å². The molecule has 2 rings (SSSR count). The molecule has 152 valence electrons. The number of nitrogens with one attached hydrogen (secondary N) is 1. The van der Waals surface area contributed by atoms with Crippen molar-refractivity contribution in [3.8, 4) is 11.5 Å². The third kappa shape index (κ3) is 6.01. The molecule has 0 heterocycles. The minimum atomic E-state index is -0.0473. The lowest BCUT2D eigenvalue weighted by molar-refractivity contribution is -0.121. The predicted octanol–water partition coefficient (Wildman–Crippen LogP) is 5.47. The molecule has 1 atom stereocenters. The second-order valence-corrected chi connectivity index (χ2v) is 7.66. The fraction of sp³-hybridized carbons (Fsp3) is 0.458. The Kier molecular flexibility index (Phi) is 7.91. The lowest BCUT2D eigenvalue weighted by Crippen LogP contribution is -2.27. The van der Waals surface area contributed by atoms with Gasteiger partial charge in [-0.25, -0.2) is 0 Å². The molecule has 4 heteroatoms. The molecule has 1 amide bonds. The van der Waals surface area contributed by atoms with E-state index in [-0.39, 0.29) is 11.9 Å². The Morgan fingerprint density at radius 2 is 1.71 bits per heavy atom. The van der Waals surface area contributed by atoms with Gasteiger partial charge in [0.05, 0.1) is 19.8 Å². The molecule has 0 spiro atoms. The number of amides is 1. The van der Waals surface area contributed by atoms with E-state index in [4.69, 9.17) is 9.47 Å². The number of carbonyl (C=O) groups excluding carboxylic acids is 1. The van der Waals surface area contributed by atoms with Crippen molar-refractivity contribution in [3.05, 3.63) is 58.7 Å². The Labute approximate surface area is 169 Å². The van der Waals surface area contributed by atoms with Gasteiger partial charge in [0, 0.05) is 6.42 Å². The lowest BCUT2D eigenvalue weighted by Gasteiger charge is -2.21. The van der Waals surface area contributed by atoms with E-state index in [0.717, 1.165) is 28.2 Å². The summed E-state index contributed by atoms with van der Waals surface area (Å²) in [6.07, 6.45) is 1.13. The Balaban J connectivity index is 1.87. The minimum Gasteiger partial charge on any atom is -0.496 e. The van der Waals surface area contributed by atoms with Crippen molar-refractivity contribution in [2.24, 2.45) is 0 Å². The van der Waals surface area contributed by atoms with Gasteiger partial charge in [0.2, 0.25) is 5.91 Å². The Morgan fingerprint density at radius 1 is 1.04 bits per heavy atom. The zero-order valence-electron chi connectivity index (χ0n) is 18.0. The highest BCUT2D eigenvalue weighted by Gasteiger charge is 2.16. The van der Waals surface area contributed by atoms with Crippen molar-refractivity contribution in [2.75, 3.05) is 13.7 Å². The number of ether oxygens (including phenoxy) is 2. The van der Waals surface area contributed by atoms with Gasteiger partial charge in [-0.1, -0.05) is 31.5 Å². The van der Waals surface area contributed by atoms with Gasteiger partial charge in [0.15, 0.2) is 0 Å². The van der Waals surface area contributed by atoms with Crippen LogP contribution in [0.2, 0.25) is 0 Å². The van der Waals surface area contributed by atoms with E-state index >= 15 is 0 Å². The summed E-state index contributed by atoms with van der Waals surface area (Å²) in [5, 5.41) is 3.11. The standard InChI is InChI=1S/C24H33NO3/c1-16(2)21-15-22(18(4)14-23(21)27-6)19(5)25-24(26)8-7-13-28-20-11-9-17(3)10-12-20/h9-12,14-16,19H,7-8,13H2,1-6H3,(H,25,26)/t19-/m1/s1. The molecule has 0 saturated heterocycles. The monoisotopic (exact) mass is 383 g/mol. The van der Waals surface area contributed by atoms with Crippen LogP contribution in [0.3, 0.4) is 0 Å². The summed E-state index contributed by atoms with van der Waals surface area (Å²) < 4.78 is 11.2. The Hall–Kier alpha value is -2.49. The van der Waals surface area contributed by atoms with Crippen molar-refractivity contribution < 1.29 is 14.3 Å². The van der Waals surface area contributed by atoms with Gasteiger partial charge in [-0.3, -0.25) is 4.79 Å². The molecule has 0 bridgehead atoms. The number of benzene rings is 2. The van der Waals surface area contributed by atoms with Crippen LogP contribution in [0.1, 0.15) is 67.8 Å². The highest BCUT2D eigenvalue weighted by molar-refractivity contribution is 5.76. The van der Waals surface area contributed by atoms with E-state index in [0.29, 0.717) is 25.4 Å². The molecular formula is C24H33NO3. The quantitative estimate of drug-likeness (QED) is 0.584. The third-order valence-corrected chi connectivity index (χ3v) is 4.92. The summed E-state index contributed by atoms with van der Waals surface area (Å²) >= 11 is 0. The van der Waals surface area contributed by atoms with Gasteiger partial charge >= 0.3 is 0 Å². The molecule has 2 aromatic rings. The van der Waals surface area contributed by atoms with Gasteiger partial charge in [0.1, 0.15) is 11.5 Å². The zero-order valence-corrected chi connectivity index (χ0v) is 18.0. The van der Waals surface area contributed by atoms with E-state index in [1.54, 1.807) is 7.11 Å². The average Bonchev–Trinajstić information content (AvgIpc) is 2.65. The number of hydrogen-bond acceptors (Lipinski definition) is 3. The zero-order chi connectivity index (χ0) is 20.7. The SMILES string of the molecule is COc1cc(C)c([C@@H](C)NC(=O)CCCOc2ccc(C)cc2)cc1C(C)C. The molecule has 0 aliphatic carbocycles. The Morgan fingerprint density at radius 3 is 2.32 bits per heavy atom. The maximum Gasteiger partial charge on any atom is 0.220 e. The van der Waals surface area contributed by atoms with E-state index < -0.39 is 0 Å². The van der Waals surface area contributed by atoms with Crippen LogP contribution in [0.25, 0.3) is 0 Å². The van der Waals surface area contributed by atoms with Crippen molar-refractivity contribution in [1.82, 2.24) is 5.32 Å². The van der Waals surface area contributed by atoms with Gasteiger partial charge in [0.25, 0.3) is 0 Å². The van der Waals surface area contributed by atoms with Crippen LogP contribution in [0.4, 0.5) is 0 Å². The minimum absolute atomic E-state index is 0.0429. The van der Waals surface area contributed by atoms with Gasteiger partial charge in [-0.05, 0) is 74.1 Å². The number of methoxy groups -OCH3 is 1. The van der Waals surface area contributed by atoms with Crippen molar-refractivity contribution in [2.45, 2.75) is 59.4 Å². The molecule has 0 saturated carbocycles. The van der Waals surface area contributed by atoms with E-state index in [1.807, 2.05) is 38.1 Å². The predicted molar refractivity (Wildman–Crippen MR) is 114 cm³/mol. The first-order valence-electron chi connectivity index (χ1n) is 9.99. The number of aryl methyl sites for hydroxylation is 2. The number of carbonyl (C=O) groups is 1. The van der Waals surface area contributed by atoms with Crippen LogP contribution < -0.4 is 14.8 Å². The fourth-order valence-electron chi connectivity index (χ4n) is 3.26. The summed E-state index contributed by atoms with van der Waals surface area (Å²) in [4.78, 5) is 12.3. The van der Waals surface area contributed by atoms with Crippen LogP contribution >= 0.6 is 0 Å². The first-order chi connectivity index (χ1) is 13.3. The Bertz CT molecular complexity index is 781. The second-order valence-electron chi connectivity index (χ2n) is 7.66. The second kappa shape index (κ2) is 10.2. The van der Waals surface area contributed by atoms with Crippen LogP contribution in [0.15, 0.2) is 36.4 Å². The van der Waals surface area contributed by atoms with Crippen molar-refractivity contribution in [3.63, 3.8) is 0 Å². The van der Waals surface area contributed by atoms with E-state index in [2.05, 4.69) is 38.2 Å². The fourth-order valence-corrected chi connectivity index (χ4v) is 3.26. The third-order valence-electron chi connectivity index (χ3n) is 4.92. The first-order valence-corrected chi connectivity index (χ1v) is 9.99. The molecule has 0 aromatic heterocycles. The molecule has 4 nitrogen and oxygen atoms in total. The van der Waals surface area contributed by atoms with Gasteiger partial charge in [-0.2, -0.15) is 0 Å². The molecular weight excluding hydrogens is 350 g/mol. The maximum absolute atomic E-state index is 12.3. The average molecular weight is 384 g/mol. The number of rotatable bonds is 9. The highest BCUT2D eigenvalue weighted by Crippen LogP contribution is 2.32. The summed E-state index contributed by atoms with van der Waals surface area (Å²) in [5.74, 6) is 2.15. The lowest BCUT2D eigenvalue weighted by atomic mass is 9.93. The van der Waals surface area contributed by atoms with Crippen molar-refractivity contribution in [1.29, 1.82) is 0 Å². The molecule has 0 aliphatic heterocycles. The normalized spacial score (nSPS) is 12.0.